The van der Waals surface area contributed by atoms with Crippen LogP contribution in [0.25, 0.3) is 22.3 Å². The lowest BCUT2D eigenvalue weighted by molar-refractivity contribution is 0.581. The number of nitrogens with zero attached hydrogens (tertiary/aromatic N) is 2. The molecule has 4 aromatic rings. The van der Waals surface area contributed by atoms with Gasteiger partial charge in [0.1, 0.15) is 5.82 Å². The minimum atomic E-state index is -0.109. The predicted octanol–water partition coefficient (Wildman–Crippen LogP) is 4.45. The normalized spacial score (nSPS) is 12.5. The number of pyridine rings is 1. The Labute approximate surface area is 143 Å². The second-order valence-electron chi connectivity index (χ2n) is 5.70. The van der Waals surface area contributed by atoms with E-state index in [0.29, 0.717) is 11.4 Å². The fourth-order valence-corrected chi connectivity index (χ4v) is 4.01. The van der Waals surface area contributed by atoms with Crippen LogP contribution in [-0.2, 0) is 0 Å². The van der Waals surface area contributed by atoms with Crippen molar-refractivity contribution < 1.29 is 0 Å². The highest BCUT2D eigenvalue weighted by Crippen LogP contribution is 2.30. The SMILES string of the molecule is CC[C@H](c1cccs1)n1ccnc1-c1cc2ccccc2[nH]c1=O. The summed E-state index contributed by atoms with van der Waals surface area (Å²) < 4.78 is 2.10. The van der Waals surface area contributed by atoms with Crippen molar-refractivity contribution in [2.75, 3.05) is 0 Å². The Bertz CT molecular complexity index is 1030. The van der Waals surface area contributed by atoms with E-state index in [1.54, 1.807) is 17.5 Å². The summed E-state index contributed by atoms with van der Waals surface area (Å²) in [5.41, 5.74) is 1.34. The van der Waals surface area contributed by atoms with Gasteiger partial charge in [-0.15, -0.1) is 11.3 Å². The molecule has 3 heterocycles. The van der Waals surface area contributed by atoms with Gasteiger partial charge in [-0.3, -0.25) is 4.79 Å². The monoisotopic (exact) mass is 335 g/mol. The maximum Gasteiger partial charge on any atom is 0.259 e. The van der Waals surface area contributed by atoms with Crippen LogP contribution in [0.4, 0.5) is 0 Å². The molecule has 0 fully saturated rings. The smallest absolute Gasteiger partial charge is 0.259 e. The molecular weight excluding hydrogens is 318 g/mol. The van der Waals surface area contributed by atoms with Crippen LogP contribution in [0.15, 0.2) is 65.0 Å². The zero-order chi connectivity index (χ0) is 16.5. The number of benzene rings is 1. The second kappa shape index (κ2) is 6.09. The van der Waals surface area contributed by atoms with Gasteiger partial charge in [0, 0.05) is 22.8 Å². The number of nitrogens with one attached hydrogen (secondary N) is 1. The Morgan fingerprint density at radius 3 is 2.92 bits per heavy atom. The summed E-state index contributed by atoms with van der Waals surface area (Å²) in [5.74, 6) is 0.710. The van der Waals surface area contributed by atoms with E-state index >= 15 is 0 Å². The lowest BCUT2D eigenvalue weighted by atomic mass is 10.1. The minimum Gasteiger partial charge on any atom is -0.323 e. The van der Waals surface area contributed by atoms with Gasteiger partial charge in [0.05, 0.1) is 11.6 Å². The molecule has 120 valence electrons. The number of rotatable bonds is 4. The lowest BCUT2D eigenvalue weighted by Gasteiger charge is -2.18. The summed E-state index contributed by atoms with van der Waals surface area (Å²) >= 11 is 1.73. The van der Waals surface area contributed by atoms with Crippen molar-refractivity contribution in [2.24, 2.45) is 0 Å². The molecule has 1 aromatic carbocycles. The quantitative estimate of drug-likeness (QED) is 0.599. The molecule has 0 saturated heterocycles. The van der Waals surface area contributed by atoms with E-state index in [9.17, 15) is 4.79 Å². The number of imidazole rings is 1. The van der Waals surface area contributed by atoms with Gasteiger partial charge < -0.3 is 9.55 Å². The summed E-state index contributed by atoms with van der Waals surface area (Å²) in [4.78, 5) is 21.3. The Kier molecular flexibility index (Phi) is 3.78. The summed E-state index contributed by atoms with van der Waals surface area (Å²) in [7, 11) is 0. The fourth-order valence-electron chi connectivity index (χ4n) is 3.10. The van der Waals surface area contributed by atoms with Gasteiger partial charge in [0.2, 0.25) is 0 Å². The van der Waals surface area contributed by atoms with Crippen LogP contribution < -0.4 is 5.56 Å². The molecule has 3 aromatic heterocycles. The van der Waals surface area contributed by atoms with E-state index in [4.69, 9.17) is 0 Å². The molecule has 1 N–H and O–H groups in total. The van der Waals surface area contributed by atoms with Crippen molar-refractivity contribution in [2.45, 2.75) is 19.4 Å². The summed E-state index contributed by atoms with van der Waals surface area (Å²) in [6, 6.07) is 14.1. The number of hydrogen-bond donors (Lipinski definition) is 1. The van der Waals surface area contributed by atoms with E-state index in [0.717, 1.165) is 17.3 Å². The first-order valence-corrected chi connectivity index (χ1v) is 8.84. The van der Waals surface area contributed by atoms with Crippen LogP contribution in [0.3, 0.4) is 0 Å². The van der Waals surface area contributed by atoms with E-state index in [1.165, 1.54) is 4.88 Å². The van der Waals surface area contributed by atoms with Gasteiger partial charge in [0.25, 0.3) is 5.56 Å². The third-order valence-corrected chi connectivity index (χ3v) is 5.23. The fraction of sp³-hybridized carbons (Fsp3) is 0.158. The van der Waals surface area contributed by atoms with Crippen molar-refractivity contribution in [3.8, 4) is 11.4 Å². The number of H-pyrrole nitrogens is 1. The van der Waals surface area contributed by atoms with Gasteiger partial charge in [0.15, 0.2) is 0 Å². The third kappa shape index (κ3) is 2.47. The zero-order valence-electron chi connectivity index (χ0n) is 13.3. The predicted molar refractivity (Wildman–Crippen MR) is 98.5 cm³/mol. The highest BCUT2D eigenvalue weighted by atomic mass is 32.1. The Hall–Kier alpha value is -2.66. The van der Waals surface area contributed by atoms with Crippen LogP contribution in [0.2, 0.25) is 0 Å². The largest absolute Gasteiger partial charge is 0.323 e. The van der Waals surface area contributed by atoms with Crippen LogP contribution in [0, 0.1) is 0 Å². The highest BCUT2D eigenvalue weighted by molar-refractivity contribution is 7.10. The van der Waals surface area contributed by atoms with Gasteiger partial charge in [-0.2, -0.15) is 0 Å². The van der Waals surface area contributed by atoms with E-state index in [1.807, 2.05) is 36.5 Å². The molecule has 0 aliphatic carbocycles. The molecule has 4 rings (SSSR count). The molecule has 0 saturated carbocycles. The number of hydrogen-bond acceptors (Lipinski definition) is 3. The molecule has 0 aliphatic rings. The number of para-hydroxylation sites is 1. The topological polar surface area (TPSA) is 50.7 Å². The van der Waals surface area contributed by atoms with Crippen molar-refractivity contribution in [1.82, 2.24) is 14.5 Å². The van der Waals surface area contributed by atoms with Gasteiger partial charge in [-0.25, -0.2) is 4.98 Å². The van der Waals surface area contributed by atoms with Crippen molar-refractivity contribution >= 4 is 22.2 Å². The summed E-state index contributed by atoms with van der Waals surface area (Å²) in [6.07, 6.45) is 4.66. The molecule has 0 amide bonds. The molecule has 1 atom stereocenters. The lowest BCUT2D eigenvalue weighted by Crippen LogP contribution is -2.15. The van der Waals surface area contributed by atoms with Gasteiger partial charge >= 0.3 is 0 Å². The first kappa shape index (κ1) is 14.9. The zero-order valence-corrected chi connectivity index (χ0v) is 14.1. The molecule has 24 heavy (non-hydrogen) atoms. The Morgan fingerprint density at radius 1 is 1.25 bits per heavy atom. The second-order valence-corrected chi connectivity index (χ2v) is 6.68. The third-order valence-electron chi connectivity index (χ3n) is 4.26. The number of thiophene rings is 1. The van der Waals surface area contributed by atoms with Crippen molar-refractivity contribution in [1.29, 1.82) is 0 Å². The van der Waals surface area contributed by atoms with Crippen molar-refractivity contribution in [3.05, 3.63) is 75.5 Å². The van der Waals surface area contributed by atoms with Crippen LogP contribution >= 0.6 is 11.3 Å². The average molecular weight is 335 g/mol. The maximum atomic E-state index is 12.6. The molecule has 4 nitrogen and oxygen atoms in total. The molecular formula is C19H17N3OS. The first-order chi connectivity index (χ1) is 11.8. The summed E-state index contributed by atoms with van der Waals surface area (Å²) in [6.45, 7) is 2.15. The van der Waals surface area contributed by atoms with Gasteiger partial charge in [-0.1, -0.05) is 31.2 Å². The van der Waals surface area contributed by atoms with E-state index in [2.05, 4.69) is 39.0 Å². The van der Waals surface area contributed by atoms with E-state index in [-0.39, 0.29) is 11.6 Å². The van der Waals surface area contributed by atoms with Crippen LogP contribution in [0.5, 0.6) is 0 Å². The summed E-state index contributed by atoms with van der Waals surface area (Å²) in [5, 5.41) is 3.09. The Morgan fingerprint density at radius 2 is 2.12 bits per heavy atom. The molecule has 0 radical (unpaired) electrons. The molecule has 0 bridgehead atoms. The number of fused-ring (bicyclic) bond motifs is 1. The molecule has 0 unspecified atom stereocenters. The van der Waals surface area contributed by atoms with Gasteiger partial charge in [-0.05, 0) is 35.4 Å². The maximum absolute atomic E-state index is 12.6. The first-order valence-electron chi connectivity index (χ1n) is 7.96. The van der Waals surface area contributed by atoms with Crippen LogP contribution in [0.1, 0.15) is 24.3 Å². The Balaban J connectivity index is 1.88. The molecule has 0 spiro atoms. The van der Waals surface area contributed by atoms with Crippen molar-refractivity contribution in [3.63, 3.8) is 0 Å². The van der Waals surface area contributed by atoms with E-state index < -0.39 is 0 Å². The molecule has 0 aliphatic heterocycles. The van der Waals surface area contributed by atoms with Crippen LogP contribution in [-0.4, -0.2) is 14.5 Å². The standard InChI is InChI=1S/C19H17N3OS/c1-2-16(17-8-5-11-24-17)22-10-9-20-18(22)14-12-13-6-3-4-7-15(13)21-19(14)23/h3-12,16H,2H2,1H3,(H,21,23)/t16-/m1/s1. The number of aromatic amines is 1. The molecule has 5 heteroatoms. The highest BCUT2D eigenvalue weighted by Gasteiger charge is 2.19. The minimum absolute atomic E-state index is 0.109. The number of aromatic nitrogens is 3. The average Bonchev–Trinajstić information content (AvgIpc) is 3.27.